The van der Waals surface area contributed by atoms with Gasteiger partial charge in [0, 0.05) is 66.6 Å². The second kappa shape index (κ2) is 12.6. The van der Waals surface area contributed by atoms with Gasteiger partial charge in [0.05, 0.1) is 17.7 Å². The quantitative estimate of drug-likeness (QED) is 0.132. The van der Waals surface area contributed by atoms with E-state index in [0.717, 1.165) is 69.9 Å². The van der Waals surface area contributed by atoms with Gasteiger partial charge in [-0.25, -0.2) is 8.78 Å². The van der Waals surface area contributed by atoms with E-state index in [1.54, 1.807) is 0 Å². The summed E-state index contributed by atoms with van der Waals surface area (Å²) < 4.78 is 83.8. The standard InChI is InChI=1S/C41H36F5N5O2/c1-2-29-33(42)10-7-24-15-28(52)16-30(34(24)29)35-32(41(44,45)46)17-31-37(36(35)43)48-39(49-38(31)51-19-26-8-9-27(20-51)47-26)53-22-40(12-13-40)21-50-14-11-23-5-3-4-6-25(23)18-50/h1,3-7,10,15-17,26-27,47,52H,8-9,11-14,18-22H2. The normalized spacial score (nSPS) is 20.8. The summed E-state index contributed by atoms with van der Waals surface area (Å²) in [5.41, 5.74) is -0.818. The molecular formula is C41H36F5N5O2. The Morgan fingerprint density at radius 2 is 1.75 bits per heavy atom. The van der Waals surface area contributed by atoms with Crippen molar-refractivity contribution in [2.75, 3.05) is 37.7 Å². The van der Waals surface area contributed by atoms with Crippen molar-refractivity contribution < 1.29 is 31.8 Å². The van der Waals surface area contributed by atoms with Crippen LogP contribution in [-0.2, 0) is 19.1 Å². The van der Waals surface area contributed by atoms with Crippen molar-refractivity contribution in [1.29, 1.82) is 0 Å². The number of ether oxygens (including phenoxy) is 1. The van der Waals surface area contributed by atoms with Crippen LogP contribution < -0.4 is 15.0 Å². The third-order valence-electron chi connectivity index (χ3n) is 11.4. The Kier molecular flexibility index (Phi) is 8.02. The number of aromatic hydroxyl groups is 1. The lowest BCUT2D eigenvalue weighted by Crippen LogP contribution is -2.51. The van der Waals surface area contributed by atoms with E-state index in [0.29, 0.717) is 13.1 Å². The van der Waals surface area contributed by atoms with Crippen LogP contribution >= 0.6 is 0 Å². The molecule has 0 spiro atoms. The number of phenolic OH excluding ortho intramolecular Hbond substituents is 1. The van der Waals surface area contributed by atoms with Gasteiger partial charge in [-0.3, -0.25) is 4.90 Å². The van der Waals surface area contributed by atoms with E-state index >= 15 is 22.0 Å². The number of piperazine rings is 1. The summed E-state index contributed by atoms with van der Waals surface area (Å²) >= 11 is 0. The van der Waals surface area contributed by atoms with Gasteiger partial charge in [-0.05, 0) is 78.4 Å². The molecule has 4 aliphatic rings. The van der Waals surface area contributed by atoms with Gasteiger partial charge in [-0.2, -0.15) is 23.1 Å². The molecule has 0 radical (unpaired) electrons. The first-order chi connectivity index (χ1) is 25.5. The second-order valence-corrected chi connectivity index (χ2v) is 15.1. The van der Waals surface area contributed by atoms with Crippen LogP contribution in [0.5, 0.6) is 11.8 Å². The molecule has 2 bridgehead atoms. The number of nitrogens with zero attached hydrogens (tertiary/aromatic N) is 4. The van der Waals surface area contributed by atoms with Crippen molar-refractivity contribution >= 4 is 27.5 Å². The smallest absolute Gasteiger partial charge is 0.417 e. The molecular weight excluding hydrogens is 689 g/mol. The SMILES string of the molecule is C#Cc1c(F)ccc2cc(O)cc(-c3c(C(F)(F)F)cc4c(N5CC6CCC(C5)N6)nc(OCC5(CN6CCc7ccccc7C6)CC5)nc4c3F)c12. The number of fused-ring (bicyclic) bond motifs is 5. The van der Waals surface area contributed by atoms with Gasteiger partial charge in [0.2, 0.25) is 0 Å². The number of halogens is 5. The molecule has 1 aliphatic carbocycles. The third-order valence-corrected chi connectivity index (χ3v) is 11.4. The number of terminal acetylenes is 1. The van der Waals surface area contributed by atoms with Gasteiger partial charge in [0.25, 0.3) is 0 Å². The number of aromatic nitrogens is 2. The summed E-state index contributed by atoms with van der Waals surface area (Å²) in [6.45, 7) is 3.76. The van der Waals surface area contributed by atoms with Crippen LogP contribution in [0.25, 0.3) is 32.8 Å². The Labute approximate surface area is 302 Å². The third kappa shape index (κ3) is 6.09. The highest BCUT2D eigenvalue weighted by molar-refractivity contribution is 6.05. The maximum absolute atomic E-state index is 17.2. The van der Waals surface area contributed by atoms with Gasteiger partial charge in [-0.15, -0.1) is 6.42 Å². The molecule has 7 nitrogen and oxygen atoms in total. The Hall–Kier alpha value is -4.99. The van der Waals surface area contributed by atoms with E-state index < -0.39 is 40.3 Å². The van der Waals surface area contributed by atoms with Crippen LogP contribution in [0.3, 0.4) is 0 Å². The zero-order valence-corrected chi connectivity index (χ0v) is 28.7. The number of anilines is 1. The molecule has 3 aliphatic heterocycles. The molecule has 12 heteroatoms. The minimum Gasteiger partial charge on any atom is -0.508 e. The maximum atomic E-state index is 17.2. The molecule has 4 heterocycles. The molecule has 0 amide bonds. The lowest BCUT2D eigenvalue weighted by molar-refractivity contribution is -0.137. The topological polar surface area (TPSA) is 73.8 Å². The number of nitrogens with one attached hydrogen (secondary N) is 1. The Morgan fingerprint density at radius 3 is 2.47 bits per heavy atom. The summed E-state index contributed by atoms with van der Waals surface area (Å²) in [7, 11) is 0. The number of rotatable bonds is 7. The summed E-state index contributed by atoms with van der Waals surface area (Å²) in [4.78, 5) is 13.5. The van der Waals surface area contributed by atoms with Crippen LogP contribution in [-0.4, -0.2) is 64.8 Å². The van der Waals surface area contributed by atoms with Crippen molar-refractivity contribution in [2.24, 2.45) is 5.41 Å². The first kappa shape index (κ1) is 33.8. The van der Waals surface area contributed by atoms with E-state index in [2.05, 4.69) is 39.3 Å². The number of hydrogen-bond donors (Lipinski definition) is 2. The summed E-state index contributed by atoms with van der Waals surface area (Å²) in [5.74, 6) is -0.233. The Bertz CT molecular complexity index is 2320. The predicted molar refractivity (Wildman–Crippen MR) is 192 cm³/mol. The fraction of sp³-hybridized carbons (Fsp3) is 0.366. The second-order valence-electron chi connectivity index (χ2n) is 15.1. The Balaban J connectivity index is 1.16. The molecule has 5 aromatic rings. The number of phenols is 1. The molecule has 272 valence electrons. The molecule has 9 rings (SSSR count). The van der Waals surface area contributed by atoms with Crippen LogP contribution in [0.4, 0.5) is 27.8 Å². The van der Waals surface area contributed by atoms with Gasteiger partial charge in [0.15, 0.2) is 5.82 Å². The van der Waals surface area contributed by atoms with Crippen molar-refractivity contribution in [3.05, 3.63) is 88.5 Å². The highest BCUT2D eigenvalue weighted by Gasteiger charge is 2.46. The van der Waals surface area contributed by atoms with E-state index in [-0.39, 0.29) is 63.2 Å². The van der Waals surface area contributed by atoms with Gasteiger partial charge in [-0.1, -0.05) is 36.3 Å². The molecule has 4 aromatic carbocycles. The van der Waals surface area contributed by atoms with Crippen LogP contribution in [0.15, 0.2) is 54.6 Å². The molecule has 2 N–H and O–H groups in total. The highest BCUT2D eigenvalue weighted by atomic mass is 19.4. The van der Waals surface area contributed by atoms with Gasteiger partial charge in [0.1, 0.15) is 22.9 Å². The zero-order chi connectivity index (χ0) is 36.6. The molecule has 3 fully saturated rings. The van der Waals surface area contributed by atoms with E-state index in [4.69, 9.17) is 16.1 Å². The first-order valence-electron chi connectivity index (χ1n) is 18.0. The maximum Gasteiger partial charge on any atom is 0.417 e. The minimum atomic E-state index is -5.06. The average Bonchev–Trinajstić information content (AvgIpc) is 3.82. The lowest BCUT2D eigenvalue weighted by Gasteiger charge is -2.34. The molecule has 1 aromatic heterocycles. The molecule has 2 saturated heterocycles. The fourth-order valence-electron chi connectivity index (χ4n) is 8.62. The molecule has 2 unspecified atom stereocenters. The van der Waals surface area contributed by atoms with Crippen LogP contribution in [0.2, 0.25) is 0 Å². The van der Waals surface area contributed by atoms with Crippen molar-refractivity contribution in [2.45, 2.75) is 56.9 Å². The largest absolute Gasteiger partial charge is 0.508 e. The van der Waals surface area contributed by atoms with Crippen molar-refractivity contribution in [1.82, 2.24) is 20.2 Å². The highest BCUT2D eigenvalue weighted by Crippen LogP contribution is 2.49. The average molecular weight is 726 g/mol. The molecule has 1 saturated carbocycles. The lowest BCUT2D eigenvalue weighted by atomic mass is 9.89. The van der Waals surface area contributed by atoms with E-state index in [1.807, 2.05) is 11.0 Å². The summed E-state index contributed by atoms with van der Waals surface area (Å²) in [5, 5.41) is 14.0. The predicted octanol–water partition coefficient (Wildman–Crippen LogP) is 7.59. The summed E-state index contributed by atoms with van der Waals surface area (Å²) in [6.07, 6.45) is 5.21. The first-order valence-corrected chi connectivity index (χ1v) is 18.0. The van der Waals surface area contributed by atoms with E-state index in [9.17, 15) is 5.11 Å². The van der Waals surface area contributed by atoms with Crippen molar-refractivity contribution in [3.63, 3.8) is 0 Å². The zero-order valence-electron chi connectivity index (χ0n) is 28.7. The summed E-state index contributed by atoms with van der Waals surface area (Å²) in [6, 6.07) is 13.9. The van der Waals surface area contributed by atoms with Crippen LogP contribution in [0.1, 0.15) is 47.9 Å². The number of benzene rings is 4. The van der Waals surface area contributed by atoms with Gasteiger partial charge >= 0.3 is 12.2 Å². The molecule has 2 atom stereocenters. The van der Waals surface area contributed by atoms with Crippen molar-refractivity contribution in [3.8, 4) is 35.2 Å². The Morgan fingerprint density at radius 1 is 1.00 bits per heavy atom. The van der Waals surface area contributed by atoms with E-state index in [1.165, 1.54) is 23.3 Å². The molecule has 53 heavy (non-hydrogen) atoms. The number of hydrogen-bond acceptors (Lipinski definition) is 7. The fourth-order valence-corrected chi connectivity index (χ4v) is 8.62. The monoisotopic (exact) mass is 725 g/mol. The number of alkyl halides is 3. The van der Waals surface area contributed by atoms with Crippen LogP contribution in [0, 0.1) is 29.4 Å². The minimum absolute atomic E-state index is 0.106. The van der Waals surface area contributed by atoms with Gasteiger partial charge < -0.3 is 20.1 Å².